The lowest BCUT2D eigenvalue weighted by Crippen LogP contribution is -2.36. The van der Waals surface area contributed by atoms with Gasteiger partial charge < -0.3 is 9.47 Å². The van der Waals surface area contributed by atoms with E-state index in [2.05, 4.69) is 0 Å². The van der Waals surface area contributed by atoms with Crippen molar-refractivity contribution >= 4 is 6.29 Å². The molecule has 0 aromatic heterocycles. The SMILES string of the molecule is O=C/C=C/C1(C2OCCO2)CCCCC1. The van der Waals surface area contributed by atoms with Crippen LogP contribution in [-0.2, 0) is 14.3 Å². The third-order valence-corrected chi connectivity index (χ3v) is 3.38. The molecule has 3 nitrogen and oxygen atoms in total. The zero-order valence-corrected chi connectivity index (χ0v) is 8.98. The lowest BCUT2D eigenvalue weighted by molar-refractivity contribution is -0.125. The molecule has 0 bridgehead atoms. The summed E-state index contributed by atoms with van der Waals surface area (Å²) in [5.74, 6) is 0. The molecular weight excluding hydrogens is 192 g/mol. The van der Waals surface area contributed by atoms with Crippen LogP contribution >= 0.6 is 0 Å². The minimum absolute atomic E-state index is 0.0460. The number of allylic oxidation sites excluding steroid dienone is 1. The van der Waals surface area contributed by atoms with Gasteiger partial charge in [-0.3, -0.25) is 4.79 Å². The third kappa shape index (κ3) is 2.29. The summed E-state index contributed by atoms with van der Waals surface area (Å²) >= 11 is 0. The molecule has 0 radical (unpaired) electrons. The summed E-state index contributed by atoms with van der Waals surface area (Å²) in [5, 5.41) is 0. The van der Waals surface area contributed by atoms with Gasteiger partial charge in [-0.05, 0) is 18.9 Å². The Kier molecular flexibility index (Phi) is 3.54. The van der Waals surface area contributed by atoms with Crippen LogP contribution in [0.15, 0.2) is 12.2 Å². The van der Waals surface area contributed by atoms with Gasteiger partial charge in [0.25, 0.3) is 0 Å². The Hall–Kier alpha value is -0.670. The Morgan fingerprint density at radius 1 is 1.07 bits per heavy atom. The molecule has 1 aliphatic carbocycles. The van der Waals surface area contributed by atoms with Crippen molar-refractivity contribution in [3.05, 3.63) is 12.2 Å². The predicted octanol–water partition coefficient (Wildman–Crippen LogP) is 2.06. The summed E-state index contributed by atoms with van der Waals surface area (Å²) in [6.07, 6.45) is 10.1. The number of rotatable bonds is 3. The first kappa shape index (κ1) is 10.8. The van der Waals surface area contributed by atoms with Crippen molar-refractivity contribution in [1.29, 1.82) is 0 Å². The van der Waals surface area contributed by atoms with Crippen LogP contribution in [0.4, 0.5) is 0 Å². The molecule has 1 saturated carbocycles. The monoisotopic (exact) mass is 210 g/mol. The van der Waals surface area contributed by atoms with Crippen LogP contribution < -0.4 is 0 Å². The molecule has 2 fully saturated rings. The fourth-order valence-corrected chi connectivity index (χ4v) is 2.61. The van der Waals surface area contributed by atoms with E-state index in [1.54, 1.807) is 6.08 Å². The van der Waals surface area contributed by atoms with E-state index in [4.69, 9.17) is 9.47 Å². The average molecular weight is 210 g/mol. The van der Waals surface area contributed by atoms with Crippen LogP contribution in [0.5, 0.6) is 0 Å². The first-order chi connectivity index (χ1) is 7.37. The van der Waals surface area contributed by atoms with Crippen molar-refractivity contribution in [2.45, 2.75) is 38.4 Å². The standard InChI is InChI=1S/C12H18O3/c13-8-4-7-12(5-2-1-3-6-12)11-14-9-10-15-11/h4,7-8,11H,1-3,5-6,9-10H2/b7-4+. The van der Waals surface area contributed by atoms with Crippen LogP contribution in [0, 0.1) is 5.41 Å². The van der Waals surface area contributed by atoms with E-state index < -0.39 is 0 Å². The second-order valence-electron chi connectivity index (χ2n) is 4.36. The van der Waals surface area contributed by atoms with Gasteiger partial charge in [0.1, 0.15) is 6.29 Å². The second kappa shape index (κ2) is 4.90. The highest BCUT2D eigenvalue weighted by Crippen LogP contribution is 2.43. The normalized spacial score (nSPS) is 27.2. The third-order valence-electron chi connectivity index (χ3n) is 3.38. The fraction of sp³-hybridized carbons (Fsp3) is 0.750. The zero-order valence-electron chi connectivity index (χ0n) is 8.98. The summed E-state index contributed by atoms with van der Waals surface area (Å²) in [4.78, 5) is 10.4. The topological polar surface area (TPSA) is 35.5 Å². The quantitative estimate of drug-likeness (QED) is 0.528. The lowest BCUT2D eigenvalue weighted by atomic mass is 9.73. The molecule has 1 heterocycles. The highest BCUT2D eigenvalue weighted by Gasteiger charge is 2.41. The van der Waals surface area contributed by atoms with Gasteiger partial charge in [-0.15, -0.1) is 0 Å². The minimum Gasteiger partial charge on any atom is -0.349 e. The van der Waals surface area contributed by atoms with Gasteiger partial charge in [0, 0.05) is 5.41 Å². The summed E-state index contributed by atoms with van der Waals surface area (Å²) < 4.78 is 11.2. The molecule has 2 aliphatic rings. The van der Waals surface area contributed by atoms with Crippen LogP contribution in [0.2, 0.25) is 0 Å². The van der Waals surface area contributed by atoms with Gasteiger partial charge >= 0.3 is 0 Å². The predicted molar refractivity (Wildman–Crippen MR) is 56.4 cm³/mol. The highest BCUT2D eigenvalue weighted by atomic mass is 16.7. The van der Waals surface area contributed by atoms with Gasteiger partial charge in [-0.1, -0.05) is 25.3 Å². The number of hydrogen-bond acceptors (Lipinski definition) is 3. The van der Waals surface area contributed by atoms with E-state index in [1.165, 1.54) is 19.3 Å². The molecule has 15 heavy (non-hydrogen) atoms. The highest BCUT2D eigenvalue weighted by molar-refractivity contribution is 5.64. The molecule has 1 saturated heterocycles. The van der Waals surface area contributed by atoms with E-state index in [0.717, 1.165) is 19.1 Å². The van der Waals surface area contributed by atoms with Gasteiger partial charge in [0.2, 0.25) is 0 Å². The van der Waals surface area contributed by atoms with Gasteiger partial charge in [-0.2, -0.15) is 0 Å². The first-order valence-corrected chi connectivity index (χ1v) is 5.74. The number of carbonyl (C=O) groups is 1. The molecule has 0 N–H and O–H groups in total. The molecule has 0 aromatic rings. The van der Waals surface area contributed by atoms with E-state index in [-0.39, 0.29) is 11.7 Å². The number of carbonyl (C=O) groups excluding carboxylic acids is 1. The lowest BCUT2D eigenvalue weighted by Gasteiger charge is -2.38. The van der Waals surface area contributed by atoms with Gasteiger partial charge in [0.15, 0.2) is 6.29 Å². The molecule has 2 rings (SSSR count). The van der Waals surface area contributed by atoms with Crippen molar-refractivity contribution < 1.29 is 14.3 Å². The van der Waals surface area contributed by atoms with Crippen molar-refractivity contribution in [1.82, 2.24) is 0 Å². The number of aldehydes is 1. The Morgan fingerprint density at radius 3 is 2.33 bits per heavy atom. The Balaban J connectivity index is 2.12. The van der Waals surface area contributed by atoms with Crippen molar-refractivity contribution in [2.75, 3.05) is 13.2 Å². The largest absolute Gasteiger partial charge is 0.349 e. The molecule has 0 aromatic carbocycles. The van der Waals surface area contributed by atoms with E-state index in [1.807, 2.05) is 6.08 Å². The smallest absolute Gasteiger partial charge is 0.166 e. The van der Waals surface area contributed by atoms with Crippen molar-refractivity contribution in [3.8, 4) is 0 Å². The first-order valence-electron chi connectivity index (χ1n) is 5.74. The average Bonchev–Trinajstić information content (AvgIpc) is 2.82. The molecule has 0 atom stereocenters. The van der Waals surface area contributed by atoms with Crippen molar-refractivity contribution in [3.63, 3.8) is 0 Å². The van der Waals surface area contributed by atoms with Crippen LogP contribution in [0.25, 0.3) is 0 Å². The molecule has 0 spiro atoms. The van der Waals surface area contributed by atoms with Crippen molar-refractivity contribution in [2.24, 2.45) is 5.41 Å². The van der Waals surface area contributed by atoms with Crippen LogP contribution in [0.3, 0.4) is 0 Å². The summed E-state index contributed by atoms with van der Waals surface area (Å²) in [7, 11) is 0. The maximum atomic E-state index is 10.4. The maximum Gasteiger partial charge on any atom is 0.166 e. The molecule has 0 unspecified atom stereocenters. The van der Waals surface area contributed by atoms with E-state index >= 15 is 0 Å². The minimum atomic E-state index is -0.131. The summed E-state index contributed by atoms with van der Waals surface area (Å²) in [6, 6.07) is 0. The van der Waals surface area contributed by atoms with Gasteiger partial charge in [-0.25, -0.2) is 0 Å². The Labute approximate surface area is 90.4 Å². The molecule has 1 aliphatic heterocycles. The van der Waals surface area contributed by atoms with Crippen LogP contribution in [0.1, 0.15) is 32.1 Å². The Bertz CT molecular complexity index is 235. The molecule has 84 valence electrons. The fourth-order valence-electron chi connectivity index (χ4n) is 2.61. The maximum absolute atomic E-state index is 10.4. The zero-order chi connectivity index (χ0) is 10.6. The number of ether oxygens (including phenoxy) is 2. The summed E-state index contributed by atoms with van der Waals surface area (Å²) in [5.41, 5.74) is -0.0460. The van der Waals surface area contributed by atoms with Gasteiger partial charge in [0.05, 0.1) is 13.2 Å². The van der Waals surface area contributed by atoms with Crippen LogP contribution in [-0.4, -0.2) is 25.8 Å². The molecule has 3 heteroatoms. The molecular formula is C12H18O3. The molecule has 0 amide bonds. The Morgan fingerprint density at radius 2 is 1.73 bits per heavy atom. The van der Waals surface area contributed by atoms with E-state index in [9.17, 15) is 4.79 Å². The second-order valence-corrected chi connectivity index (χ2v) is 4.36. The number of hydrogen-bond donors (Lipinski definition) is 0. The summed E-state index contributed by atoms with van der Waals surface area (Å²) in [6.45, 7) is 1.36. The van der Waals surface area contributed by atoms with E-state index in [0.29, 0.717) is 13.2 Å².